The van der Waals surface area contributed by atoms with Gasteiger partial charge in [-0.05, 0) is 38.0 Å². The lowest BCUT2D eigenvalue weighted by molar-refractivity contribution is -0.115. The van der Waals surface area contributed by atoms with Gasteiger partial charge in [0.2, 0.25) is 5.91 Å². The summed E-state index contributed by atoms with van der Waals surface area (Å²) < 4.78 is 5.48. The maximum absolute atomic E-state index is 11.8. The van der Waals surface area contributed by atoms with E-state index >= 15 is 0 Å². The molecule has 0 radical (unpaired) electrons. The summed E-state index contributed by atoms with van der Waals surface area (Å²) in [6, 6.07) is 5.59. The number of amides is 1. The van der Waals surface area contributed by atoms with E-state index in [9.17, 15) is 4.79 Å². The van der Waals surface area contributed by atoms with Gasteiger partial charge in [0.15, 0.2) is 0 Å². The molecule has 0 bridgehead atoms. The van der Waals surface area contributed by atoms with Crippen LogP contribution in [0.25, 0.3) is 0 Å². The van der Waals surface area contributed by atoms with Crippen molar-refractivity contribution in [3.8, 4) is 5.75 Å². The zero-order valence-corrected chi connectivity index (χ0v) is 13.1. The molecule has 20 heavy (non-hydrogen) atoms. The summed E-state index contributed by atoms with van der Waals surface area (Å²) in [6.07, 6.45) is 1.92. The summed E-state index contributed by atoms with van der Waals surface area (Å²) in [7, 11) is 0. The molecule has 0 aliphatic carbocycles. The normalized spacial score (nSPS) is 12.0. The van der Waals surface area contributed by atoms with Crippen LogP contribution in [0.3, 0.4) is 0 Å². The smallest absolute Gasteiger partial charge is 0.238 e. The predicted molar refractivity (Wildman–Crippen MR) is 83.6 cm³/mol. The molecule has 1 aromatic carbocycles. The fourth-order valence-corrected chi connectivity index (χ4v) is 1.76. The number of rotatable bonds is 8. The summed E-state index contributed by atoms with van der Waals surface area (Å²) in [4.78, 5) is 11.8. The Hall–Kier alpha value is -1.26. The summed E-state index contributed by atoms with van der Waals surface area (Å²) in [5.41, 5.74) is 0.676. The third-order valence-corrected chi connectivity index (χ3v) is 3.20. The lowest BCUT2D eigenvalue weighted by Gasteiger charge is -2.12. The Morgan fingerprint density at radius 2 is 2.15 bits per heavy atom. The van der Waals surface area contributed by atoms with Crippen molar-refractivity contribution in [1.29, 1.82) is 0 Å². The van der Waals surface area contributed by atoms with Crippen LogP contribution in [0.5, 0.6) is 5.75 Å². The molecule has 0 spiro atoms. The fraction of sp³-hybridized carbons (Fsp3) is 0.533. The summed E-state index contributed by atoms with van der Waals surface area (Å²) in [5.74, 6) is 0.563. The van der Waals surface area contributed by atoms with Crippen molar-refractivity contribution in [2.75, 3.05) is 18.5 Å². The third-order valence-electron chi connectivity index (χ3n) is 2.90. The number of carbonyl (C=O) groups excluding carboxylic acids is 1. The van der Waals surface area contributed by atoms with Gasteiger partial charge in [-0.2, -0.15) is 0 Å². The molecule has 5 heteroatoms. The van der Waals surface area contributed by atoms with Crippen LogP contribution < -0.4 is 15.4 Å². The van der Waals surface area contributed by atoms with Crippen molar-refractivity contribution in [1.82, 2.24) is 5.32 Å². The number of ether oxygens (including phenoxy) is 1. The molecule has 1 aromatic rings. The molecular formula is C15H23ClN2O2. The van der Waals surface area contributed by atoms with Crippen LogP contribution in [0.15, 0.2) is 18.2 Å². The molecular weight excluding hydrogens is 276 g/mol. The minimum Gasteiger partial charge on any atom is -0.492 e. The molecule has 0 saturated heterocycles. The number of benzene rings is 1. The summed E-state index contributed by atoms with van der Waals surface area (Å²) in [5, 5.41) is 6.45. The molecule has 4 nitrogen and oxygen atoms in total. The number of hydrogen-bond donors (Lipinski definition) is 2. The van der Waals surface area contributed by atoms with Gasteiger partial charge >= 0.3 is 0 Å². The molecule has 0 saturated carbocycles. The standard InChI is InChI=1S/C15H23ClN2O2/c1-4-8-20-14-7-6-12(9-13(14)16)18-15(19)10-17-11(3)5-2/h6-7,9,11,17H,4-5,8,10H2,1-3H3,(H,18,19). The first kappa shape index (κ1) is 16.8. The lowest BCUT2D eigenvalue weighted by atomic mass is 10.2. The molecule has 1 amide bonds. The minimum absolute atomic E-state index is 0.0800. The van der Waals surface area contributed by atoms with Gasteiger partial charge in [0, 0.05) is 11.7 Å². The van der Waals surface area contributed by atoms with Gasteiger partial charge in [0.1, 0.15) is 5.75 Å². The van der Waals surface area contributed by atoms with Gasteiger partial charge in [-0.25, -0.2) is 0 Å². The van der Waals surface area contributed by atoms with Crippen LogP contribution in [0.1, 0.15) is 33.6 Å². The van der Waals surface area contributed by atoms with Crippen molar-refractivity contribution in [2.24, 2.45) is 0 Å². The third kappa shape index (κ3) is 5.80. The number of nitrogens with one attached hydrogen (secondary N) is 2. The van der Waals surface area contributed by atoms with Crippen LogP contribution in [-0.2, 0) is 4.79 Å². The molecule has 1 atom stereocenters. The molecule has 1 unspecified atom stereocenters. The Kier molecular flexibility index (Phi) is 7.41. The van der Waals surface area contributed by atoms with Crippen LogP contribution >= 0.6 is 11.6 Å². The molecule has 0 heterocycles. The Morgan fingerprint density at radius 3 is 2.75 bits per heavy atom. The number of carbonyl (C=O) groups is 1. The fourth-order valence-electron chi connectivity index (χ4n) is 1.52. The predicted octanol–water partition coefficient (Wildman–Crippen LogP) is 3.46. The highest BCUT2D eigenvalue weighted by atomic mass is 35.5. The van der Waals surface area contributed by atoms with Gasteiger partial charge in [-0.15, -0.1) is 0 Å². The second-order valence-corrected chi connectivity index (χ2v) is 5.14. The molecule has 0 aliphatic heterocycles. The van der Waals surface area contributed by atoms with Gasteiger partial charge in [0.25, 0.3) is 0 Å². The first-order valence-corrected chi connectivity index (χ1v) is 7.40. The van der Waals surface area contributed by atoms with E-state index in [0.717, 1.165) is 12.8 Å². The topological polar surface area (TPSA) is 50.4 Å². The van der Waals surface area contributed by atoms with E-state index in [2.05, 4.69) is 17.6 Å². The van der Waals surface area contributed by atoms with E-state index in [-0.39, 0.29) is 5.91 Å². The Bertz CT molecular complexity index is 438. The van der Waals surface area contributed by atoms with Crippen molar-refractivity contribution < 1.29 is 9.53 Å². The Labute approximate surface area is 125 Å². The highest BCUT2D eigenvalue weighted by Crippen LogP contribution is 2.27. The average Bonchev–Trinajstić information content (AvgIpc) is 2.44. The molecule has 1 rings (SSSR count). The second kappa shape index (κ2) is 8.82. The highest BCUT2D eigenvalue weighted by molar-refractivity contribution is 6.32. The zero-order chi connectivity index (χ0) is 15.0. The largest absolute Gasteiger partial charge is 0.492 e. The molecule has 112 valence electrons. The van der Waals surface area contributed by atoms with Crippen LogP contribution in [0.4, 0.5) is 5.69 Å². The monoisotopic (exact) mass is 298 g/mol. The van der Waals surface area contributed by atoms with Crippen molar-refractivity contribution in [2.45, 2.75) is 39.7 Å². The van der Waals surface area contributed by atoms with Gasteiger partial charge in [-0.3, -0.25) is 4.79 Å². The van der Waals surface area contributed by atoms with Crippen molar-refractivity contribution >= 4 is 23.2 Å². The van der Waals surface area contributed by atoms with E-state index in [1.807, 2.05) is 13.8 Å². The van der Waals surface area contributed by atoms with E-state index in [1.165, 1.54) is 0 Å². The first-order chi connectivity index (χ1) is 9.56. The number of anilines is 1. The van der Waals surface area contributed by atoms with Gasteiger partial charge in [-0.1, -0.05) is 25.4 Å². The Morgan fingerprint density at radius 1 is 1.40 bits per heavy atom. The maximum atomic E-state index is 11.8. The minimum atomic E-state index is -0.0800. The SMILES string of the molecule is CCCOc1ccc(NC(=O)CNC(C)CC)cc1Cl. The highest BCUT2D eigenvalue weighted by Gasteiger charge is 2.07. The van der Waals surface area contributed by atoms with Crippen molar-refractivity contribution in [3.63, 3.8) is 0 Å². The Balaban J connectivity index is 2.51. The number of hydrogen-bond acceptors (Lipinski definition) is 3. The molecule has 0 aliphatic rings. The summed E-state index contributed by atoms with van der Waals surface area (Å²) in [6.45, 7) is 7.08. The van der Waals surface area contributed by atoms with E-state index in [0.29, 0.717) is 35.7 Å². The van der Waals surface area contributed by atoms with Gasteiger partial charge < -0.3 is 15.4 Å². The quantitative estimate of drug-likeness (QED) is 0.773. The van der Waals surface area contributed by atoms with Crippen molar-refractivity contribution in [3.05, 3.63) is 23.2 Å². The molecule has 0 fully saturated rings. The van der Waals surface area contributed by atoms with Crippen LogP contribution in [-0.4, -0.2) is 25.1 Å². The first-order valence-electron chi connectivity index (χ1n) is 7.02. The average molecular weight is 299 g/mol. The van der Waals surface area contributed by atoms with Crippen LogP contribution in [0, 0.1) is 0 Å². The zero-order valence-electron chi connectivity index (χ0n) is 12.3. The molecule has 2 N–H and O–H groups in total. The van der Waals surface area contributed by atoms with Crippen LogP contribution in [0.2, 0.25) is 5.02 Å². The number of halogens is 1. The maximum Gasteiger partial charge on any atom is 0.238 e. The molecule has 0 aromatic heterocycles. The van der Waals surface area contributed by atoms with E-state index < -0.39 is 0 Å². The van der Waals surface area contributed by atoms with E-state index in [4.69, 9.17) is 16.3 Å². The van der Waals surface area contributed by atoms with Gasteiger partial charge in [0.05, 0.1) is 18.2 Å². The van der Waals surface area contributed by atoms with E-state index in [1.54, 1.807) is 18.2 Å². The lowest BCUT2D eigenvalue weighted by Crippen LogP contribution is -2.33. The summed E-state index contributed by atoms with van der Waals surface area (Å²) >= 11 is 6.11. The second-order valence-electron chi connectivity index (χ2n) is 4.73.